The molecule has 0 aliphatic rings. The van der Waals surface area contributed by atoms with Crippen LogP contribution in [0.3, 0.4) is 0 Å². The quantitative estimate of drug-likeness (QED) is 0.232. The fourth-order valence-corrected chi connectivity index (χ4v) is 3.29. The summed E-state index contributed by atoms with van der Waals surface area (Å²) >= 11 is 0. The van der Waals surface area contributed by atoms with Crippen molar-refractivity contribution >= 4 is 28.4 Å². The van der Waals surface area contributed by atoms with Crippen molar-refractivity contribution in [1.82, 2.24) is 10.3 Å². The number of amides is 1. The van der Waals surface area contributed by atoms with Crippen molar-refractivity contribution in [3.63, 3.8) is 0 Å². The lowest BCUT2D eigenvalue weighted by Crippen LogP contribution is -2.33. The summed E-state index contributed by atoms with van der Waals surface area (Å²) < 4.78 is 11.1. The highest BCUT2D eigenvalue weighted by atomic mass is 16.6. The summed E-state index contributed by atoms with van der Waals surface area (Å²) in [7, 11) is 0. The summed E-state index contributed by atoms with van der Waals surface area (Å²) in [6.07, 6.45) is 2.20. The number of nitrogens with one attached hydrogen (secondary N) is 2. The van der Waals surface area contributed by atoms with Crippen molar-refractivity contribution in [2.24, 2.45) is 0 Å². The lowest BCUT2D eigenvalue weighted by Gasteiger charge is -2.19. The smallest absolute Gasteiger partial charge is 0.407 e. The Morgan fingerprint density at radius 1 is 1.09 bits per heavy atom. The van der Waals surface area contributed by atoms with E-state index in [0.29, 0.717) is 54.9 Å². The molecule has 0 radical (unpaired) electrons. The summed E-state index contributed by atoms with van der Waals surface area (Å²) in [6.45, 7) is 6.80. The number of alkyl carbamates (subject to hydrolysis) is 1. The van der Waals surface area contributed by atoms with Crippen molar-refractivity contribution < 1.29 is 19.2 Å². The lowest BCUT2D eigenvalue weighted by atomic mass is 10.1. The zero-order valence-corrected chi connectivity index (χ0v) is 19.7. The minimum atomic E-state index is -0.542. The third-order valence-corrected chi connectivity index (χ3v) is 4.84. The third-order valence-electron chi connectivity index (χ3n) is 4.84. The van der Waals surface area contributed by atoms with Crippen LogP contribution >= 0.6 is 0 Å². The number of carbonyl (C=O) groups excluding carboxylic acids is 1. The highest BCUT2D eigenvalue weighted by molar-refractivity contribution is 5.96. The fraction of sp³-hybridized carbons (Fsp3) is 0.360. The summed E-state index contributed by atoms with van der Waals surface area (Å²) in [5.74, 6) is 0.636. The van der Waals surface area contributed by atoms with Gasteiger partial charge in [-0.1, -0.05) is 30.3 Å². The molecule has 2 aromatic carbocycles. The van der Waals surface area contributed by atoms with E-state index in [4.69, 9.17) is 9.47 Å². The summed E-state index contributed by atoms with van der Waals surface area (Å²) in [5.41, 5.74) is 1.44. The highest BCUT2D eigenvalue weighted by Gasteiger charge is 2.18. The van der Waals surface area contributed by atoms with Gasteiger partial charge in [0, 0.05) is 24.5 Å². The molecule has 0 fully saturated rings. The fourth-order valence-electron chi connectivity index (χ4n) is 3.29. The van der Waals surface area contributed by atoms with Crippen LogP contribution in [0.15, 0.2) is 54.7 Å². The number of nitro groups is 1. The predicted octanol–water partition coefficient (Wildman–Crippen LogP) is 5.44. The number of fused-ring (bicyclic) bond motifs is 1. The van der Waals surface area contributed by atoms with Gasteiger partial charge in [0.05, 0.1) is 10.4 Å². The Labute approximate surface area is 198 Å². The number of unbranched alkanes of at least 4 members (excludes halogenated alkanes) is 1. The van der Waals surface area contributed by atoms with Gasteiger partial charge in [-0.05, 0) is 51.3 Å². The van der Waals surface area contributed by atoms with Crippen molar-refractivity contribution in [2.75, 3.05) is 18.4 Å². The molecule has 180 valence electrons. The Morgan fingerprint density at radius 2 is 1.82 bits per heavy atom. The minimum absolute atomic E-state index is 0.0858. The molecule has 0 unspecified atom stereocenters. The molecule has 0 aliphatic heterocycles. The molecule has 3 rings (SSSR count). The molecule has 1 aromatic heterocycles. The number of anilines is 1. The topological polar surface area (TPSA) is 116 Å². The van der Waals surface area contributed by atoms with E-state index < -0.39 is 16.6 Å². The number of hydrogen-bond acceptors (Lipinski definition) is 7. The van der Waals surface area contributed by atoms with Crippen LogP contribution in [0.2, 0.25) is 0 Å². The molecule has 2 N–H and O–H groups in total. The first kappa shape index (κ1) is 24.8. The molecule has 0 saturated heterocycles. The minimum Gasteiger partial charge on any atom is -0.489 e. The number of carbonyl (C=O) groups is 1. The van der Waals surface area contributed by atoms with Gasteiger partial charge < -0.3 is 20.1 Å². The van der Waals surface area contributed by atoms with Crippen molar-refractivity contribution in [3.05, 3.63) is 70.4 Å². The Kier molecular flexibility index (Phi) is 8.24. The molecule has 0 aliphatic carbocycles. The maximum Gasteiger partial charge on any atom is 0.407 e. The van der Waals surface area contributed by atoms with E-state index in [2.05, 4.69) is 15.6 Å². The SMILES string of the molecule is CC(C)(C)OC(=O)NCCCCNc1c([N+](=O)[O-])cnc2cc(OCc3ccccc3)ccc12. The Hall–Kier alpha value is -3.88. The van der Waals surface area contributed by atoms with Gasteiger partial charge in [0.25, 0.3) is 0 Å². The van der Waals surface area contributed by atoms with Crippen LogP contribution in [0, 0.1) is 10.1 Å². The number of benzene rings is 2. The van der Waals surface area contributed by atoms with Gasteiger partial charge in [0.1, 0.15) is 29.8 Å². The van der Waals surface area contributed by atoms with E-state index in [1.165, 1.54) is 6.20 Å². The first-order valence-corrected chi connectivity index (χ1v) is 11.2. The molecular weight excluding hydrogens is 436 g/mol. The second-order valence-electron chi connectivity index (χ2n) is 8.79. The van der Waals surface area contributed by atoms with E-state index >= 15 is 0 Å². The second kappa shape index (κ2) is 11.3. The Morgan fingerprint density at radius 3 is 2.53 bits per heavy atom. The van der Waals surface area contributed by atoms with Gasteiger partial charge in [0.2, 0.25) is 0 Å². The van der Waals surface area contributed by atoms with Gasteiger partial charge in [-0.3, -0.25) is 10.1 Å². The van der Waals surface area contributed by atoms with Crippen molar-refractivity contribution in [1.29, 1.82) is 0 Å². The molecule has 9 nitrogen and oxygen atoms in total. The molecule has 1 amide bonds. The number of ether oxygens (including phenoxy) is 2. The normalized spacial score (nSPS) is 11.1. The molecule has 34 heavy (non-hydrogen) atoms. The molecule has 0 saturated carbocycles. The molecule has 1 heterocycles. The Balaban J connectivity index is 1.60. The van der Waals surface area contributed by atoms with Crippen molar-refractivity contribution in [3.8, 4) is 5.75 Å². The summed E-state index contributed by atoms with van der Waals surface area (Å²) in [5, 5.41) is 18.1. The third kappa shape index (κ3) is 7.33. The standard InChI is InChI=1S/C25H30N4O5/c1-25(2,3)34-24(30)27-14-8-7-13-26-23-20-12-11-19(33-17-18-9-5-4-6-10-18)15-21(20)28-16-22(23)29(31)32/h4-6,9-12,15-16H,7-8,13-14,17H2,1-3H3,(H,26,28)(H,27,30). The van der Waals surface area contributed by atoms with Crippen molar-refractivity contribution in [2.45, 2.75) is 45.8 Å². The molecule has 3 aromatic rings. The molecule has 0 atom stereocenters. The molecule has 9 heteroatoms. The zero-order valence-electron chi connectivity index (χ0n) is 19.7. The molecular formula is C25H30N4O5. The van der Waals surface area contributed by atoms with Crippen LogP contribution in [-0.4, -0.2) is 34.7 Å². The maximum atomic E-state index is 11.7. The first-order valence-electron chi connectivity index (χ1n) is 11.2. The molecule has 0 bridgehead atoms. The zero-order chi connectivity index (χ0) is 24.6. The van der Waals surface area contributed by atoms with Crippen LogP contribution in [0.4, 0.5) is 16.2 Å². The number of pyridine rings is 1. The van der Waals surface area contributed by atoms with Crippen LogP contribution in [-0.2, 0) is 11.3 Å². The van der Waals surface area contributed by atoms with Crippen LogP contribution in [0.1, 0.15) is 39.2 Å². The predicted molar refractivity (Wildman–Crippen MR) is 131 cm³/mol. The first-order chi connectivity index (χ1) is 16.2. The number of rotatable bonds is 10. The molecule has 0 spiro atoms. The van der Waals surface area contributed by atoms with Gasteiger partial charge in [-0.25, -0.2) is 9.78 Å². The highest BCUT2D eigenvalue weighted by Crippen LogP contribution is 2.33. The van der Waals surface area contributed by atoms with Gasteiger partial charge in [-0.2, -0.15) is 0 Å². The van der Waals surface area contributed by atoms with E-state index in [9.17, 15) is 14.9 Å². The summed E-state index contributed by atoms with van der Waals surface area (Å²) in [6, 6.07) is 15.1. The van der Waals surface area contributed by atoms with E-state index in [-0.39, 0.29) is 5.69 Å². The average Bonchev–Trinajstić information content (AvgIpc) is 2.79. The van der Waals surface area contributed by atoms with Crippen LogP contribution in [0.5, 0.6) is 5.75 Å². The summed E-state index contributed by atoms with van der Waals surface area (Å²) in [4.78, 5) is 27.1. The largest absolute Gasteiger partial charge is 0.489 e. The number of hydrogen-bond donors (Lipinski definition) is 2. The number of aromatic nitrogens is 1. The van der Waals surface area contributed by atoms with Crippen LogP contribution in [0.25, 0.3) is 10.9 Å². The average molecular weight is 467 g/mol. The van der Waals surface area contributed by atoms with Crippen LogP contribution < -0.4 is 15.4 Å². The maximum absolute atomic E-state index is 11.7. The number of nitrogens with zero attached hydrogens (tertiary/aromatic N) is 2. The van der Waals surface area contributed by atoms with Gasteiger partial charge >= 0.3 is 11.8 Å². The van der Waals surface area contributed by atoms with E-state index in [1.807, 2.05) is 30.3 Å². The van der Waals surface area contributed by atoms with E-state index in [1.54, 1.807) is 39.0 Å². The van der Waals surface area contributed by atoms with Gasteiger partial charge in [0.15, 0.2) is 0 Å². The Bertz CT molecular complexity index is 1130. The van der Waals surface area contributed by atoms with Gasteiger partial charge in [-0.15, -0.1) is 0 Å². The van der Waals surface area contributed by atoms with E-state index in [0.717, 1.165) is 5.56 Å². The lowest BCUT2D eigenvalue weighted by molar-refractivity contribution is -0.384. The second-order valence-corrected chi connectivity index (χ2v) is 8.79. The monoisotopic (exact) mass is 466 g/mol.